The molecule has 3 rings (SSSR count). The van der Waals surface area contributed by atoms with Crippen LogP contribution >= 0.6 is 0 Å². The second-order valence-electron chi connectivity index (χ2n) is 5.75. The Morgan fingerprint density at radius 2 is 1.93 bits per heavy atom. The van der Waals surface area contributed by atoms with E-state index in [1.54, 1.807) is 25.1 Å². The van der Waals surface area contributed by atoms with Gasteiger partial charge >= 0.3 is 5.69 Å². The number of rotatable bonds is 4. The van der Waals surface area contributed by atoms with E-state index in [0.29, 0.717) is 34.0 Å². The van der Waals surface area contributed by atoms with Gasteiger partial charge in [-0.2, -0.15) is 4.39 Å². The molecule has 0 saturated heterocycles. The smallest absolute Gasteiger partial charge is 0.305 e. The van der Waals surface area contributed by atoms with Crippen LogP contribution in [0.2, 0.25) is 0 Å². The fourth-order valence-electron chi connectivity index (χ4n) is 2.54. The lowest BCUT2D eigenvalue weighted by Crippen LogP contribution is -2.07. The second kappa shape index (κ2) is 7.24. The molecule has 8 nitrogen and oxygen atoms in total. The lowest BCUT2D eigenvalue weighted by atomic mass is 10.0. The first-order valence-electron chi connectivity index (χ1n) is 7.87. The van der Waals surface area contributed by atoms with Crippen molar-refractivity contribution in [2.45, 2.75) is 13.8 Å². The van der Waals surface area contributed by atoms with E-state index in [1.807, 2.05) is 0 Å². The number of aromatic nitrogens is 3. The summed E-state index contributed by atoms with van der Waals surface area (Å²) in [7, 11) is 0. The van der Waals surface area contributed by atoms with Gasteiger partial charge in [0, 0.05) is 36.5 Å². The Labute approximate surface area is 153 Å². The molecule has 0 aliphatic rings. The summed E-state index contributed by atoms with van der Waals surface area (Å²) >= 11 is 0. The van der Waals surface area contributed by atoms with Crippen LogP contribution in [0.3, 0.4) is 0 Å². The monoisotopic (exact) mass is 367 g/mol. The molecule has 0 unspecified atom stereocenters. The summed E-state index contributed by atoms with van der Waals surface area (Å²) in [6, 6.07) is 7.14. The van der Waals surface area contributed by atoms with Crippen molar-refractivity contribution in [3.8, 4) is 22.6 Å². The maximum Gasteiger partial charge on any atom is 0.305 e. The minimum atomic E-state index is -0.899. The molecule has 0 aliphatic heterocycles. The van der Waals surface area contributed by atoms with E-state index in [1.165, 1.54) is 19.3 Å². The number of nitro benzene ring substituents is 1. The van der Waals surface area contributed by atoms with Gasteiger partial charge in [0.1, 0.15) is 5.82 Å². The Balaban J connectivity index is 2.06. The Bertz CT molecular complexity index is 1050. The first kappa shape index (κ1) is 18.1. The van der Waals surface area contributed by atoms with E-state index in [2.05, 4.69) is 20.3 Å². The molecule has 1 amide bonds. The van der Waals surface area contributed by atoms with Gasteiger partial charge < -0.3 is 5.32 Å². The Morgan fingerprint density at radius 1 is 1.19 bits per heavy atom. The first-order chi connectivity index (χ1) is 12.8. The summed E-state index contributed by atoms with van der Waals surface area (Å²) in [6.07, 6.45) is 3.01. The van der Waals surface area contributed by atoms with Crippen molar-refractivity contribution in [1.29, 1.82) is 0 Å². The SMILES string of the molecule is CC(=O)Nc1cc(-c2nccc(-c3cc([N+](=O)[O-])c(F)cc3C)n2)ccn1. The van der Waals surface area contributed by atoms with Crippen LogP contribution in [0, 0.1) is 22.9 Å². The number of benzene rings is 1. The number of halogens is 1. The number of nitrogens with one attached hydrogen (secondary N) is 1. The average Bonchev–Trinajstić information content (AvgIpc) is 2.61. The van der Waals surface area contributed by atoms with Gasteiger partial charge in [0.15, 0.2) is 5.82 Å². The number of pyridine rings is 1. The molecular weight excluding hydrogens is 353 g/mol. The van der Waals surface area contributed by atoms with E-state index in [0.717, 1.165) is 12.1 Å². The zero-order valence-electron chi connectivity index (χ0n) is 14.4. The summed E-state index contributed by atoms with van der Waals surface area (Å²) < 4.78 is 13.8. The molecule has 27 heavy (non-hydrogen) atoms. The summed E-state index contributed by atoms with van der Waals surface area (Å²) in [5, 5.41) is 13.6. The fraction of sp³-hybridized carbons (Fsp3) is 0.111. The van der Waals surface area contributed by atoms with Crippen molar-refractivity contribution in [1.82, 2.24) is 15.0 Å². The van der Waals surface area contributed by atoms with Crippen LogP contribution in [0.4, 0.5) is 15.9 Å². The van der Waals surface area contributed by atoms with Crippen molar-refractivity contribution in [2.75, 3.05) is 5.32 Å². The maximum absolute atomic E-state index is 13.8. The highest BCUT2D eigenvalue weighted by molar-refractivity contribution is 5.88. The highest BCUT2D eigenvalue weighted by Crippen LogP contribution is 2.30. The standard InChI is InChI=1S/C18H14FN5O3/c1-10-7-14(19)16(24(26)27)9-13(10)15-4-6-21-18(23-15)12-3-5-20-17(8-12)22-11(2)25/h3-9H,1-2H3,(H,20,22,25). The number of anilines is 1. The number of nitro groups is 1. The van der Waals surface area contributed by atoms with Gasteiger partial charge in [0.2, 0.25) is 11.7 Å². The fourth-order valence-corrected chi connectivity index (χ4v) is 2.54. The van der Waals surface area contributed by atoms with E-state index in [-0.39, 0.29) is 5.91 Å². The molecular formula is C18H14FN5O3. The minimum Gasteiger partial charge on any atom is -0.311 e. The van der Waals surface area contributed by atoms with Crippen molar-refractivity contribution >= 4 is 17.4 Å². The minimum absolute atomic E-state index is 0.261. The Kier molecular flexibility index (Phi) is 4.84. The van der Waals surface area contributed by atoms with Gasteiger partial charge in [-0.25, -0.2) is 15.0 Å². The van der Waals surface area contributed by atoms with Crippen molar-refractivity contribution in [3.05, 3.63) is 64.2 Å². The van der Waals surface area contributed by atoms with Crippen molar-refractivity contribution in [2.24, 2.45) is 0 Å². The van der Waals surface area contributed by atoms with Gasteiger partial charge in [-0.3, -0.25) is 14.9 Å². The largest absolute Gasteiger partial charge is 0.311 e. The average molecular weight is 367 g/mol. The Morgan fingerprint density at radius 3 is 2.63 bits per heavy atom. The molecule has 2 aromatic heterocycles. The summed E-state index contributed by atoms with van der Waals surface area (Å²) in [4.78, 5) is 34.1. The highest BCUT2D eigenvalue weighted by atomic mass is 19.1. The lowest BCUT2D eigenvalue weighted by molar-refractivity contribution is -0.387. The third-order valence-corrected chi connectivity index (χ3v) is 3.74. The van der Waals surface area contributed by atoms with Crippen molar-refractivity contribution < 1.29 is 14.1 Å². The van der Waals surface area contributed by atoms with E-state index >= 15 is 0 Å². The number of carbonyl (C=O) groups excluding carboxylic acids is 1. The van der Waals surface area contributed by atoms with Gasteiger partial charge in [-0.1, -0.05) is 0 Å². The maximum atomic E-state index is 13.8. The summed E-state index contributed by atoms with van der Waals surface area (Å²) in [5.74, 6) is -0.469. The Hall–Kier alpha value is -3.75. The number of nitrogens with zero attached hydrogens (tertiary/aromatic N) is 4. The van der Waals surface area contributed by atoms with Crippen LogP contribution in [-0.4, -0.2) is 25.8 Å². The van der Waals surface area contributed by atoms with Crippen LogP contribution < -0.4 is 5.32 Å². The molecule has 0 spiro atoms. The van der Waals surface area contributed by atoms with Gasteiger partial charge in [-0.15, -0.1) is 0 Å². The van der Waals surface area contributed by atoms with Crippen molar-refractivity contribution in [3.63, 3.8) is 0 Å². The highest BCUT2D eigenvalue weighted by Gasteiger charge is 2.18. The molecule has 0 bridgehead atoms. The number of carbonyl (C=O) groups is 1. The molecule has 0 radical (unpaired) electrons. The molecule has 9 heteroatoms. The molecule has 0 aliphatic carbocycles. The second-order valence-corrected chi connectivity index (χ2v) is 5.75. The summed E-state index contributed by atoms with van der Waals surface area (Å²) in [5.41, 5.74) is 1.34. The zero-order valence-corrected chi connectivity index (χ0v) is 14.4. The number of amides is 1. The third kappa shape index (κ3) is 3.92. The molecule has 0 atom stereocenters. The predicted molar refractivity (Wildman–Crippen MR) is 96.4 cm³/mol. The molecule has 1 aromatic carbocycles. The molecule has 2 heterocycles. The normalized spacial score (nSPS) is 10.5. The third-order valence-electron chi connectivity index (χ3n) is 3.74. The van der Waals surface area contributed by atoms with E-state index in [4.69, 9.17) is 0 Å². The van der Waals surface area contributed by atoms with Gasteiger partial charge in [0.05, 0.1) is 10.6 Å². The van der Waals surface area contributed by atoms with Crippen LogP contribution in [0.5, 0.6) is 0 Å². The van der Waals surface area contributed by atoms with Gasteiger partial charge in [0.25, 0.3) is 0 Å². The number of hydrogen-bond acceptors (Lipinski definition) is 6. The van der Waals surface area contributed by atoms with Crippen LogP contribution in [0.1, 0.15) is 12.5 Å². The zero-order chi connectivity index (χ0) is 19.6. The molecule has 0 fully saturated rings. The van der Waals surface area contributed by atoms with Gasteiger partial charge in [-0.05, 0) is 36.8 Å². The molecule has 136 valence electrons. The first-order valence-corrected chi connectivity index (χ1v) is 7.87. The molecule has 3 aromatic rings. The topological polar surface area (TPSA) is 111 Å². The van der Waals surface area contributed by atoms with Crippen LogP contribution in [-0.2, 0) is 4.79 Å². The van der Waals surface area contributed by atoms with Crippen LogP contribution in [0.25, 0.3) is 22.6 Å². The van der Waals surface area contributed by atoms with Crippen LogP contribution in [0.15, 0.2) is 42.7 Å². The number of hydrogen-bond donors (Lipinski definition) is 1. The number of aryl methyl sites for hydroxylation is 1. The molecule has 0 saturated carbocycles. The predicted octanol–water partition coefficient (Wildman–Crippen LogP) is 3.52. The van der Waals surface area contributed by atoms with E-state index in [9.17, 15) is 19.3 Å². The summed E-state index contributed by atoms with van der Waals surface area (Å²) in [6.45, 7) is 3.01. The lowest BCUT2D eigenvalue weighted by Gasteiger charge is -2.08. The van der Waals surface area contributed by atoms with E-state index < -0.39 is 16.4 Å². The molecule has 1 N–H and O–H groups in total. The quantitative estimate of drug-likeness (QED) is 0.558.